The maximum atomic E-state index is 11.9. The lowest BCUT2D eigenvalue weighted by atomic mass is 10.1. The minimum absolute atomic E-state index is 0.0116. The predicted molar refractivity (Wildman–Crippen MR) is 92.0 cm³/mol. The lowest BCUT2D eigenvalue weighted by Gasteiger charge is -2.10. The molecule has 0 bridgehead atoms. The summed E-state index contributed by atoms with van der Waals surface area (Å²) in [7, 11) is 0. The van der Waals surface area contributed by atoms with Crippen molar-refractivity contribution in [3.63, 3.8) is 0 Å². The van der Waals surface area contributed by atoms with E-state index in [2.05, 4.69) is 10.6 Å². The van der Waals surface area contributed by atoms with Gasteiger partial charge >= 0.3 is 6.03 Å². The number of carbonyl (C=O) groups excluding carboxylic acids is 1. The van der Waals surface area contributed by atoms with Crippen molar-refractivity contribution in [2.45, 2.75) is 11.8 Å². The monoisotopic (exact) mass is 331 g/mol. The van der Waals surface area contributed by atoms with Crippen LogP contribution in [0.15, 0.2) is 53.4 Å². The molecule has 2 rings (SSSR count). The van der Waals surface area contributed by atoms with Crippen LogP contribution in [0.5, 0.6) is 0 Å². The molecule has 23 heavy (non-hydrogen) atoms. The molecular weight excluding hydrogens is 314 g/mol. The summed E-state index contributed by atoms with van der Waals surface area (Å²) in [5, 5.41) is 16.3. The molecule has 0 aliphatic carbocycles. The Labute approximate surface area is 138 Å². The van der Waals surface area contributed by atoms with E-state index in [-0.39, 0.29) is 11.7 Å². The average Bonchev–Trinajstić information content (AvgIpc) is 2.54. The second kappa shape index (κ2) is 8.19. The highest BCUT2D eigenvalue weighted by atomic mass is 32.2. The molecule has 0 saturated carbocycles. The lowest BCUT2D eigenvalue weighted by Crippen LogP contribution is -2.30. The second-order valence-electron chi connectivity index (χ2n) is 4.75. The first-order valence-electron chi connectivity index (χ1n) is 7.04. The van der Waals surface area contributed by atoms with E-state index in [4.69, 9.17) is 0 Å². The smallest absolute Gasteiger partial charge is 0.319 e. The Kier molecular flexibility index (Phi) is 5.99. The van der Waals surface area contributed by atoms with Crippen LogP contribution in [0.1, 0.15) is 5.56 Å². The fraction of sp³-hybridized carbons (Fsp3) is 0.188. The van der Waals surface area contributed by atoms with E-state index in [0.29, 0.717) is 17.8 Å². The highest BCUT2D eigenvalue weighted by Crippen LogP contribution is 2.24. The van der Waals surface area contributed by atoms with E-state index in [0.717, 1.165) is 10.6 Å². The van der Waals surface area contributed by atoms with E-state index < -0.39 is 4.92 Å². The zero-order valence-corrected chi connectivity index (χ0v) is 13.4. The third-order valence-electron chi connectivity index (χ3n) is 3.15. The number of hydrogen-bond acceptors (Lipinski definition) is 4. The Balaban J connectivity index is 1.81. The number of hydrogen-bond donors (Lipinski definition) is 2. The Morgan fingerprint density at radius 2 is 1.91 bits per heavy atom. The van der Waals surface area contributed by atoms with Crippen molar-refractivity contribution >= 4 is 29.2 Å². The lowest BCUT2D eigenvalue weighted by molar-refractivity contribution is -0.385. The molecule has 0 atom stereocenters. The zero-order chi connectivity index (χ0) is 16.7. The van der Waals surface area contributed by atoms with Crippen LogP contribution in [0.3, 0.4) is 0 Å². The van der Waals surface area contributed by atoms with Gasteiger partial charge in [-0.25, -0.2) is 4.79 Å². The molecular formula is C16H17N3O3S. The van der Waals surface area contributed by atoms with Crippen LogP contribution in [-0.4, -0.2) is 23.3 Å². The second-order valence-corrected chi connectivity index (χ2v) is 5.92. The molecule has 0 aromatic heterocycles. The van der Waals surface area contributed by atoms with Crippen molar-refractivity contribution in [2.75, 3.05) is 17.6 Å². The van der Waals surface area contributed by atoms with Gasteiger partial charge in [-0.2, -0.15) is 0 Å². The quantitative estimate of drug-likeness (QED) is 0.365. The SMILES string of the molecule is Cc1c(NC(=O)NCCSc2ccccc2)cccc1[N+](=O)[O-]. The number of nitrogens with one attached hydrogen (secondary N) is 2. The number of nitro benzene ring substituents is 1. The molecule has 0 spiro atoms. The van der Waals surface area contributed by atoms with Crippen molar-refractivity contribution in [3.05, 3.63) is 64.2 Å². The van der Waals surface area contributed by atoms with Crippen LogP contribution >= 0.6 is 11.8 Å². The van der Waals surface area contributed by atoms with Crippen LogP contribution in [0.25, 0.3) is 0 Å². The van der Waals surface area contributed by atoms with Gasteiger partial charge in [-0.3, -0.25) is 10.1 Å². The molecule has 0 fully saturated rings. The first-order valence-corrected chi connectivity index (χ1v) is 8.03. The van der Waals surface area contributed by atoms with Gasteiger partial charge in [0.25, 0.3) is 5.69 Å². The number of rotatable bonds is 6. The summed E-state index contributed by atoms with van der Waals surface area (Å²) in [5.74, 6) is 0.741. The Morgan fingerprint density at radius 3 is 2.61 bits per heavy atom. The fourth-order valence-electron chi connectivity index (χ4n) is 1.97. The molecule has 0 aliphatic rings. The van der Waals surface area contributed by atoms with Crippen molar-refractivity contribution in [2.24, 2.45) is 0 Å². The number of anilines is 1. The molecule has 2 N–H and O–H groups in total. The van der Waals surface area contributed by atoms with Gasteiger partial charge in [0.1, 0.15) is 0 Å². The maximum absolute atomic E-state index is 11.9. The standard InChI is InChI=1S/C16H17N3O3S/c1-12-14(8-5-9-15(12)19(21)22)18-16(20)17-10-11-23-13-6-3-2-4-7-13/h2-9H,10-11H2,1H3,(H2,17,18,20). The van der Waals surface area contributed by atoms with Crippen LogP contribution in [0, 0.1) is 17.0 Å². The van der Waals surface area contributed by atoms with Crippen molar-refractivity contribution in [1.29, 1.82) is 0 Å². The molecule has 0 heterocycles. The maximum Gasteiger partial charge on any atom is 0.319 e. The molecule has 2 aromatic carbocycles. The summed E-state index contributed by atoms with van der Waals surface area (Å²) in [4.78, 5) is 23.4. The number of carbonyl (C=O) groups is 1. The topological polar surface area (TPSA) is 84.3 Å². The molecule has 2 aromatic rings. The molecule has 0 aliphatic heterocycles. The number of thioether (sulfide) groups is 1. The van der Waals surface area contributed by atoms with Crippen molar-refractivity contribution < 1.29 is 9.72 Å². The van der Waals surface area contributed by atoms with E-state index in [1.807, 2.05) is 30.3 Å². The first-order chi connectivity index (χ1) is 11.1. The molecule has 6 nitrogen and oxygen atoms in total. The number of nitrogens with zero attached hydrogens (tertiary/aromatic N) is 1. The van der Waals surface area contributed by atoms with Crippen LogP contribution in [0.2, 0.25) is 0 Å². The normalized spacial score (nSPS) is 10.1. The van der Waals surface area contributed by atoms with Crippen molar-refractivity contribution in [3.8, 4) is 0 Å². The summed E-state index contributed by atoms with van der Waals surface area (Å²) in [5.41, 5.74) is 0.862. The minimum atomic E-state index is -0.463. The number of urea groups is 1. The summed E-state index contributed by atoms with van der Waals surface area (Å²) in [6.45, 7) is 2.11. The Hall–Kier alpha value is -2.54. The largest absolute Gasteiger partial charge is 0.337 e. The van der Waals surface area contributed by atoms with Gasteiger partial charge in [-0.15, -0.1) is 11.8 Å². The molecule has 2 amide bonds. The van der Waals surface area contributed by atoms with E-state index >= 15 is 0 Å². The number of amides is 2. The highest BCUT2D eigenvalue weighted by Gasteiger charge is 2.14. The average molecular weight is 331 g/mol. The summed E-state index contributed by atoms with van der Waals surface area (Å²) < 4.78 is 0. The summed E-state index contributed by atoms with van der Waals surface area (Å²) >= 11 is 1.65. The first kappa shape index (κ1) is 16.8. The molecule has 0 radical (unpaired) electrons. The predicted octanol–water partition coefficient (Wildman–Crippen LogP) is 3.82. The highest BCUT2D eigenvalue weighted by molar-refractivity contribution is 7.99. The van der Waals surface area contributed by atoms with Gasteiger partial charge in [-0.05, 0) is 25.1 Å². The Bertz CT molecular complexity index is 692. The van der Waals surface area contributed by atoms with Crippen LogP contribution in [0.4, 0.5) is 16.2 Å². The minimum Gasteiger partial charge on any atom is -0.337 e. The van der Waals surface area contributed by atoms with Gasteiger partial charge < -0.3 is 10.6 Å². The summed E-state index contributed by atoms with van der Waals surface area (Å²) in [6, 6.07) is 14.1. The third kappa shape index (κ3) is 5.00. The van der Waals surface area contributed by atoms with E-state index in [9.17, 15) is 14.9 Å². The molecule has 0 saturated heterocycles. The van der Waals surface area contributed by atoms with Gasteiger partial charge in [0.2, 0.25) is 0 Å². The van der Waals surface area contributed by atoms with Gasteiger partial charge in [0, 0.05) is 23.3 Å². The Morgan fingerprint density at radius 1 is 1.17 bits per heavy atom. The zero-order valence-electron chi connectivity index (χ0n) is 12.6. The van der Waals surface area contributed by atoms with Crippen LogP contribution in [-0.2, 0) is 0 Å². The van der Waals surface area contributed by atoms with E-state index in [1.54, 1.807) is 30.8 Å². The number of nitro groups is 1. The summed E-state index contributed by atoms with van der Waals surface area (Å²) in [6.07, 6.45) is 0. The molecule has 7 heteroatoms. The molecule has 0 unspecified atom stereocenters. The van der Waals surface area contributed by atoms with E-state index in [1.165, 1.54) is 6.07 Å². The van der Waals surface area contributed by atoms with Gasteiger partial charge in [-0.1, -0.05) is 24.3 Å². The van der Waals surface area contributed by atoms with Crippen LogP contribution < -0.4 is 10.6 Å². The van der Waals surface area contributed by atoms with Gasteiger partial charge in [0.05, 0.1) is 16.2 Å². The van der Waals surface area contributed by atoms with Gasteiger partial charge in [0.15, 0.2) is 0 Å². The molecule has 120 valence electrons. The van der Waals surface area contributed by atoms with Crippen molar-refractivity contribution in [1.82, 2.24) is 5.32 Å². The third-order valence-corrected chi connectivity index (χ3v) is 4.16. The number of benzene rings is 2. The fourth-order valence-corrected chi connectivity index (χ4v) is 2.76.